The van der Waals surface area contributed by atoms with Crippen LogP contribution in [0.25, 0.3) is 0 Å². The SMILES string of the molecule is O[C@@H](COc1ccc(Br)cc1)CN1CCCN2CCC[C@@H]2C1. The number of fused-ring (bicyclic) bond motifs is 1. The van der Waals surface area contributed by atoms with Crippen molar-refractivity contribution in [3.05, 3.63) is 28.7 Å². The van der Waals surface area contributed by atoms with Gasteiger partial charge in [-0.2, -0.15) is 0 Å². The van der Waals surface area contributed by atoms with Crippen LogP contribution in [0.2, 0.25) is 0 Å². The van der Waals surface area contributed by atoms with Gasteiger partial charge in [0, 0.05) is 23.6 Å². The van der Waals surface area contributed by atoms with E-state index in [1.54, 1.807) is 0 Å². The van der Waals surface area contributed by atoms with Crippen LogP contribution in [0.1, 0.15) is 19.3 Å². The summed E-state index contributed by atoms with van der Waals surface area (Å²) < 4.78 is 6.71. The maximum atomic E-state index is 10.3. The van der Waals surface area contributed by atoms with E-state index >= 15 is 0 Å². The van der Waals surface area contributed by atoms with Gasteiger partial charge in [-0.3, -0.25) is 9.80 Å². The van der Waals surface area contributed by atoms with Gasteiger partial charge in [-0.25, -0.2) is 0 Å². The summed E-state index contributed by atoms with van der Waals surface area (Å²) in [6.45, 7) is 5.71. The lowest BCUT2D eigenvalue weighted by Crippen LogP contribution is -2.41. The van der Waals surface area contributed by atoms with Crippen molar-refractivity contribution in [2.24, 2.45) is 0 Å². The summed E-state index contributed by atoms with van der Waals surface area (Å²) in [6.07, 6.45) is 3.41. The van der Waals surface area contributed by atoms with Crippen molar-refractivity contribution in [1.82, 2.24) is 9.80 Å². The maximum absolute atomic E-state index is 10.3. The maximum Gasteiger partial charge on any atom is 0.119 e. The zero-order chi connectivity index (χ0) is 15.4. The normalized spacial score (nSPS) is 24.7. The standard InChI is InChI=1S/C17H25BrN2O2/c18-14-4-6-17(7-5-14)22-13-16(21)12-19-8-2-10-20-9-1-3-15(20)11-19/h4-7,15-16,21H,1-3,8-13H2/t15-,16-/m1/s1. The minimum atomic E-state index is -0.434. The highest BCUT2D eigenvalue weighted by Gasteiger charge is 2.29. The molecule has 0 saturated carbocycles. The van der Waals surface area contributed by atoms with Crippen molar-refractivity contribution in [3.63, 3.8) is 0 Å². The van der Waals surface area contributed by atoms with Crippen molar-refractivity contribution in [2.75, 3.05) is 39.3 Å². The van der Waals surface area contributed by atoms with Crippen LogP contribution in [0, 0.1) is 0 Å². The number of β-amino-alcohol motifs (C(OH)–C–C–N with tert-alkyl or cyclic N) is 1. The minimum Gasteiger partial charge on any atom is -0.491 e. The molecule has 0 radical (unpaired) electrons. The lowest BCUT2D eigenvalue weighted by Gasteiger charge is -2.27. The van der Waals surface area contributed by atoms with Gasteiger partial charge >= 0.3 is 0 Å². The molecule has 3 rings (SSSR count). The average Bonchev–Trinajstić information content (AvgIpc) is 2.85. The fourth-order valence-corrected chi connectivity index (χ4v) is 3.79. The summed E-state index contributed by atoms with van der Waals surface area (Å²) in [5, 5.41) is 10.3. The molecule has 0 bridgehead atoms. The first-order valence-corrected chi connectivity index (χ1v) is 9.03. The van der Waals surface area contributed by atoms with E-state index in [-0.39, 0.29) is 0 Å². The number of nitrogens with zero attached hydrogens (tertiary/aromatic N) is 2. The Balaban J connectivity index is 1.44. The van der Waals surface area contributed by atoms with E-state index in [1.807, 2.05) is 24.3 Å². The number of halogens is 1. The molecule has 2 aliphatic heterocycles. The van der Waals surface area contributed by atoms with Gasteiger partial charge in [0.05, 0.1) is 0 Å². The largest absolute Gasteiger partial charge is 0.491 e. The molecule has 0 aromatic heterocycles. The van der Waals surface area contributed by atoms with Crippen molar-refractivity contribution >= 4 is 15.9 Å². The minimum absolute atomic E-state index is 0.354. The summed E-state index contributed by atoms with van der Waals surface area (Å²) >= 11 is 3.41. The van der Waals surface area contributed by atoms with Gasteiger partial charge in [0.15, 0.2) is 0 Å². The first-order valence-electron chi connectivity index (χ1n) is 8.23. The molecule has 0 spiro atoms. The van der Waals surface area contributed by atoms with Crippen molar-refractivity contribution in [3.8, 4) is 5.75 Å². The van der Waals surface area contributed by atoms with Gasteiger partial charge in [-0.15, -0.1) is 0 Å². The van der Waals surface area contributed by atoms with Gasteiger partial charge in [-0.05, 0) is 63.2 Å². The molecule has 2 heterocycles. The molecular weight excluding hydrogens is 344 g/mol. The van der Waals surface area contributed by atoms with Gasteiger partial charge in [0.25, 0.3) is 0 Å². The third-order valence-corrected chi connectivity index (χ3v) is 5.14. The molecular formula is C17H25BrN2O2. The Bertz CT molecular complexity index is 468. The summed E-state index contributed by atoms with van der Waals surface area (Å²) in [5.74, 6) is 0.806. The Kier molecular flexibility index (Phi) is 5.74. The van der Waals surface area contributed by atoms with E-state index in [4.69, 9.17) is 4.74 Å². The molecule has 22 heavy (non-hydrogen) atoms. The molecule has 0 amide bonds. The van der Waals surface area contributed by atoms with Crippen LogP contribution >= 0.6 is 15.9 Å². The van der Waals surface area contributed by atoms with E-state index in [2.05, 4.69) is 25.7 Å². The van der Waals surface area contributed by atoms with E-state index in [1.165, 1.54) is 32.4 Å². The van der Waals surface area contributed by atoms with Crippen molar-refractivity contribution in [2.45, 2.75) is 31.4 Å². The van der Waals surface area contributed by atoms with Crippen LogP contribution in [0.4, 0.5) is 0 Å². The summed E-state index contributed by atoms with van der Waals surface area (Å²) in [5.41, 5.74) is 0. The Morgan fingerprint density at radius 3 is 2.77 bits per heavy atom. The van der Waals surface area contributed by atoms with Gasteiger partial charge < -0.3 is 9.84 Å². The molecule has 5 heteroatoms. The van der Waals surface area contributed by atoms with Crippen LogP contribution in [-0.2, 0) is 0 Å². The zero-order valence-electron chi connectivity index (χ0n) is 13.0. The quantitative estimate of drug-likeness (QED) is 0.865. The Morgan fingerprint density at radius 2 is 1.95 bits per heavy atom. The number of aliphatic hydroxyl groups excluding tert-OH is 1. The third-order valence-electron chi connectivity index (χ3n) is 4.61. The molecule has 1 aromatic rings. The fraction of sp³-hybridized carbons (Fsp3) is 0.647. The number of rotatable bonds is 5. The molecule has 2 saturated heterocycles. The Hall–Kier alpha value is -0.620. The molecule has 2 atom stereocenters. The first kappa shape index (κ1) is 16.2. The van der Waals surface area contributed by atoms with E-state index in [9.17, 15) is 5.11 Å². The number of aliphatic hydroxyl groups is 1. The molecule has 0 unspecified atom stereocenters. The molecule has 1 aromatic carbocycles. The smallest absolute Gasteiger partial charge is 0.119 e. The zero-order valence-corrected chi connectivity index (χ0v) is 14.5. The van der Waals surface area contributed by atoms with Crippen LogP contribution in [0.5, 0.6) is 5.75 Å². The highest BCUT2D eigenvalue weighted by atomic mass is 79.9. The second-order valence-electron chi connectivity index (χ2n) is 6.36. The molecule has 0 aliphatic carbocycles. The summed E-state index contributed by atoms with van der Waals surface area (Å²) in [7, 11) is 0. The highest BCUT2D eigenvalue weighted by molar-refractivity contribution is 9.10. The molecule has 2 aliphatic rings. The van der Waals surface area contributed by atoms with Crippen LogP contribution < -0.4 is 4.74 Å². The van der Waals surface area contributed by atoms with E-state index in [0.29, 0.717) is 19.2 Å². The fourth-order valence-electron chi connectivity index (χ4n) is 3.52. The van der Waals surface area contributed by atoms with E-state index in [0.717, 1.165) is 23.3 Å². The predicted molar refractivity (Wildman–Crippen MR) is 91.3 cm³/mol. The topological polar surface area (TPSA) is 35.9 Å². The lowest BCUT2D eigenvalue weighted by atomic mass is 10.2. The van der Waals surface area contributed by atoms with Gasteiger partial charge in [-0.1, -0.05) is 15.9 Å². The molecule has 4 nitrogen and oxygen atoms in total. The number of ether oxygens (including phenoxy) is 1. The second-order valence-corrected chi connectivity index (χ2v) is 7.28. The second kappa shape index (κ2) is 7.77. The van der Waals surface area contributed by atoms with Crippen LogP contribution in [-0.4, -0.2) is 66.4 Å². The van der Waals surface area contributed by atoms with Crippen molar-refractivity contribution < 1.29 is 9.84 Å². The highest BCUT2D eigenvalue weighted by Crippen LogP contribution is 2.21. The molecule has 2 fully saturated rings. The average molecular weight is 369 g/mol. The number of hydrogen-bond acceptors (Lipinski definition) is 4. The van der Waals surface area contributed by atoms with Gasteiger partial charge in [0.1, 0.15) is 18.5 Å². The third kappa shape index (κ3) is 4.44. The van der Waals surface area contributed by atoms with Crippen molar-refractivity contribution in [1.29, 1.82) is 0 Å². The lowest BCUT2D eigenvalue weighted by molar-refractivity contribution is 0.0658. The monoisotopic (exact) mass is 368 g/mol. The molecule has 1 N–H and O–H groups in total. The van der Waals surface area contributed by atoms with Gasteiger partial charge in [0.2, 0.25) is 0 Å². The first-order chi connectivity index (χ1) is 10.7. The Labute approximate surface area is 141 Å². The number of hydrogen-bond donors (Lipinski definition) is 1. The summed E-state index contributed by atoms with van der Waals surface area (Å²) in [4.78, 5) is 5.02. The predicted octanol–water partition coefficient (Wildman–Crippen LogP) is 2.36. The summed E-state index contributed by atoms with van der Waals surface area (Å²) in [6, 6.07) is 8.43. The Morgan fingerprint density at radius 1 is 1.18 bits per heavy atom. The van der Waals surface area contributed by atoms with E-state index < -0.39 is 6.10 Å². The van der Waals surface area contributed by atoms with Crippen LogP contribution in [0.15, 0.2) is 28.7 Å². The number of benzene rings is 1. The molecule has 122 valence electrons. The van der Waals surface area contributed by atoms with Crippen LogP contribution in [0.3, 0.4) is 0 Å².